The number of nitrogens with zero attached hydrogens (tertiary/aromatic N) is 1. The predicted octanol–water partition coefficient (Wildman–Crippen LogP) is 2.24. The summed E-state index contributed by atoms with van der Waals surface area (Å²) in [6.07, 6.45) is -3.12. The quantitative estimate of drug-likeness (QED) is 0.620. The highest BCUT2D eigenvalue weighted by Crippen LogP contribution is 2.27. The molecule has 0 amide bonds. The summed E-state index contributed by atoms with van der Waals surface area (Å²) in [6.45, 7) is 0. The molecule has 1 aromatic heterocycles. The first-order chi connectivity index (χ1) is 6.43. The van der Waals surface area contributed by atoms with Crippen molar-refractivity contribution in [1.82, 2.24) is 4.98 Å². The summed E-state index contributed by atoms with van der Waals surface area (Å²) in [5, 5.41) is 7.75. The monoisotopic (exact) mass is 225 g/mol. The second kappa shape index (κ2) is 3.83. The molecule has 3 nitrogen and oxygen atoms in total. The SMILES string of the molecule is O=C(Cl)c1nc(F)c(C(F)F)cc1O. The normalized spacial score (nSPS) is 10.6. The van der Waals surface area contributed by atoms with Crippen molar-refractivity contribution in [2.24, 2.45) is 0 Å². The lowest BCUT2D eigenvalue weighted by atomic mass is 10.2. The van der Waals surface area contributed by atoms with E-state index in [0.29, 0.717) is 6.07 Å². The second-order valence-corrected chi connectivity index (χ2v) is 2.65. The van der Waals surface area contributed by atoms with Crippen LogP contribution in [-0.4, -0.2) is 15.3 Å². The summed E-state index contributed by atoms with van der Waals surface area (Å²) in [5.41, 5.74) is -1.86. The van der Waals surface area contributed by atoms with Crippen LogP contribution in [0.3, 0.4) is 0 Å². The number of hydrogen-bond acceptors (Lipinski definition) is 3. The molecule has 0 saturated carbocycles. The fourth-order valence-electron chi connectivity index (χ4n) is 0.793. The van der Waals surface area contributed by atoms with E-state index in [2.05, 4.69) is 4.98 Å². The van der Waals surface area contributed by atoms with Crippen molar-refractivity contribution in [3.05, 3.63) is 23.3 Å². The first kappa shape index (κ1) is 10.8. The van der Waals surface area contributed by atoms with Crippen LogP contribution >= 0.6 is 11.6 Å². The van der Waals surface area contributed by atoms with Crippen LogP contribution in [0, 0.1) is 5.95 Å². The van der Waals surface area contributed by atoms with Crippen molar-refractivity contribution in [1.29, 1.82) is 0 Å². The van der Waals surface area contributed by atoms with Crippen molar-refractivity contribution in [2.75, 3.05) is 0 Å². The molecule has 1 rings (SSSR count). The Morgan fingerprint density at radius 1 is 1.57 bits per heavy atom. The van der Waals surface area contributed by atoms with Gasteiger partial charge < -0.3 is 5.11 Å². The highest BCUT2D eigenvalue weighted by atomic mass is 35.5. The van der Waals surface area contributed by atoms with Gasteiger partial charge in [-0.15, -0.1) is 0 Å². The Hall–Kier alpha value is -1.30. The molecule has 0 aliphatic heterocycles. The van der Waals surface area contributed by atoms with Gasteiger partial charge in [0.1, 0.15) is 5.75 Å². The fraction of sp³-hybridized carbons (Fsp3) is 0.143. The minimum absolute atomic E-state index is 0.419. The standard InChI is InChI=1S/C7H3ClF3NO2/c8-5(14)4-3(13)1-2(6(9)10)7(11)12-4/h1,6,13H. The highest BCUT2D eigenvalue weighted by Gasteiger charge is 2.20. The van der Waals surface area contributed by atoms with Crippen LogP contribution in [0.5, 0.6) is 5.75 Å². The number of halogens is 4. The van der Waals surface area contributed by atoms with E-state index in [4.69, 9.17) is 16.7 Å². The maximum absolute atomic E-state index is 12.7. The molecule has 0 aliphatic rings. The van der Waals surface area contributed by atoms with Crippen LogP contribution < -0.4 is 0 Å². The minimum Gasteiger partial charge on any atom is -0.505 e. The molecule has 0 atom stereocenters. The Morgan fingerprint density at radius 2 is 2.14 bits per heavy atom. The number of aromatic nitrogens is 1. The average molecular weight is 226 g/mol. The van der Waals surface area contributed by atoms with Crippen LogP contribution in [0.25, 0.3) is 0 Å². The Kier molecular flexibility index (Phi) is 2.95. The lowest BCUT2D eigenvalue weighted by molar-refractivity contribution is 0.107. The van der Waals surface area contributed by atoms with Gasteiger partial charge in [-0.1, -0.05) is 0 Å². The van der Waals surface area contributed by atoms with Crippen molar-refractivity contribution < 1.29 is 23.1 Å². The maximum atomic E-state index is 12.7. The van der Waals surface area contributed by atoms with Gasteiger partial charge in [-0.3, -0.25) is 4.79 Å². The lowest BCUT2D eigenvalue weighted by Gasteiger charge is -2.03. The third kappa shape index (κ3) is 1.95. The number of hydrogen-bond donors (Lipinski definition) is 1. The molecule has 0 bridgehead atoms. The Labute approximate surface area is 81.1 Å². The number of pyridine rings is 1. The van der Waals surface area contributed by atoms with Gasteiger partial charge in [0, 0.05) is 0 Å². The van der Waals surface area contributed by atoms with Crippen molar-refractivity contribution in [2.45, 2.75) is 6.43 Å². The third-order valence-corrected chi connectivity index (χ3v) is 1.58. The largest absolute Gasteiger partial charge is 0.505 e. The summed E-state index contributed by atoms with van der Waals surface area (Å²) >= 11 is 4.90. The molecule has 14 heavy (non-hydrogen) atoms. The van der Waals surface area contributed by atoms with Crippen molar-refractivity contribution in [3.63, 3.8) is 0 Å². The molecule has 76 valence electrons. The minimum atomic E-state index is -3.12. The lowest BCUT2D eigenvalue weighted by Crippen LogP contribution is -2.02. The van der Waals surface area contributed by atoms with E-state index in [-0.39, 0.29) is 0 Å². The zero-order valence-electron chi connectivity index (χ0n) is 6.47. The average Bonchev–Trinajstić information content (AvgIpc) is 2.07. The zero-order chi connectivity index (χ0) is 10.9. The van der Waals surface area contributed by atoms with E-state index >= 15 is 0 Å². The summed E-state index contributed by atoms with van der Waals surface area (Å²) < 4.78 is 36.8. The molecule has 1 N–H and O–H groups in total. The van der Waals surface area contributed by atoms with Gasteiger partial charge in [0.15, 0.2) is 5.69 Å². The molecule has 0 radical (unpaired) electrons. The van der Waals surface area contributed by atoms with E-state index in [9.17, 15) is 18.0 Å². The van der Waals surface area contributed by atoms with Gasteiger partial charge >= 0.3 is 0 Å². The van der Waals surface area contributed by atoms with Gasteiger partial charge in [0.25, 0.3) is 11.7 Å². The van der Waals surface area contributed by atoms with Crippen LogP contribution in [-0.2, 0) is 0 Å². The van der Waals surface area contributed by atoms with E-state index in [0.717, 1.165) is 0 Å². The van der Waals surface area contributed by atoms with Gasteiger partial charge in [0.05, 0.1) is 5.56 Å². The number of alkyl halides is 2. The number of aromatic hydroxyl groups is 1. The fourth-order valence-corrected chi connectivity index (χ4v) is 0.932. The molecular weight excluding hydrogens is 223 g/mol. The van der Waals surface area contributed by atoms with Gasteiger partial charge in [0.2, 0.25) is 5.95 Å². The van der Waals surface area contributed by atoms with Crippen LogP contribution in [0.4, 0.5) is 13.2 Å². The highest BCUT2D eigenvalue weighted by molar-refractivity contribution is 6.67. The van der Waals surface area contributed by atoms with Crippen molar-refractivity contribution >= 4 is 16.8 Å². The molecule has 1 aromatic rings. The summed E-state index contributed by atoms with van der Waals surface area (Å²) in [6, 6.07) is 0.419. The summed E-state index contributed by atoms with van der Waals surface area (Å²) in [7, 11) is 0. The molecule has 0 fully saturated rings. The van der Waals surface area contributed by atoms with E-state index in [1.165, 1.54) is 0 Å². The molecule has 0 saturated heterocycles. The first-order valence-corrected chi connectivity index (χ1v) is 3.68. The smallest absolute Gasteiger partial charge is 0.274 e. The van der Waals surface area contributed by atoms with Gasteiger partial charge in [-0.25, -0.2) is 13.8 Å². The zero-order valence-corrected chi connectivity index (χ0v) is 7.23. The molecule has 0 spiro atoms. The molecule has 7 heteroatoms. The Bertz CT molecular complexity index is 383. The Balaban J connectivity index is 3.31. The molecule has 0 aromatic carbocycles. The number of rotatable bonds is 2. The molecule has 0 unspecified atom stereocenters. The third-order valence-electron chi connectivity index (χ3n) is 1.40. The van der Waals surface area contributed by atoms with E-state index in [1.807, 2.05) is 0 Å². The second-order valence-electron chi connectivity index (χ2n) is 2.31. The van der Waals surface area contributed by atoms with Crippen molar-refractivity contribution in [3.8, 4) is 5.75 Å². The van der Waals surface area contributed by atoms with Crippen LogP contribution in [0.15, 0.2) is 6.07 Å². The molecule has 1 heterocycles. The summed E-state index contributed by atoms with van der Waals surface area (Å²) in [4.78, 5) is 13.3. The van der Waals surface area contributed by atoms with Crippen LogP contribution in [0.1, 0.15) is 22.5 Å². The predicted molar refractivity (Wildman–Crippen MR) is 41.0 cm³/mol. The molecule has 0 aliphatic carbocycles. The maximum Gasteiger partial charge on any atom is 0.274 e. The molecular formula is C7H3ClF3NO2. The number of carbonyl (C=O) groups is 1. The van der Waals surface area contributed by atoms with Gasteiger partial charge in [-0.2, -0.15) is 4.39 Å². The van der Waals surface area contributed by atoms with E-state index < -0.39 is 34.6 Å². The van der Waals surface area contributed by atoms with Gasteiger partial charge in [-0.05, 0) is 17.7 Å². The topological polar surface area (TPSA) is 50.2 Å². The van der Waals surface area contributed by atoms with Crippen LogP contribution in [0.2, 0.25) is 0 Å². The first-order valence-electron chi connectivity index (χ1n) is 3.31. The Morgan fingerprint density at radius 3 is 2.57 bits per heavy atom. The van der Waals surface area contributed by atoms with E-state index in [1.54, 1.807) is 0 Å². The summed E-state index contributed by atoms with van der Waals surface area (Å²) in [5.74, 6) is -2.40. The number of carbonyl (C=O) groups excluding carboxylic acids is 1.